The van der Waals surface area contributed by atoms with Gasteiger partial charge in [0.25, 0.3) is 0 Å². The Kier molecular flexibility index (Phi) is 3.25. The second kappa shape index (κ2) is 4.11. The number of rotatable bonds is 3. The predicted octanol–water partition coefficient (Wildman–Crippen LogP) is 2.44. The van der Waals surface area contributed by atoms with Crippen molar-refractivity contribution in [3.63, 3.8) is 0 Å². The highest BCUT2D eigenvalue weighted by molar-refractivity contribution is 6.03. The number of aryl methyl sites for hydroxylation is 1. The number of hydrogen-bond donors (Lipinski definition) is 1. The van der Waals surface area contributed by atoms with Crippen LogP contribution in [0, 0.1) is 12.7 Å². The average Bonchev–Trinajstić information content (AvgIpc) is 2.20. The summed E-state index contributed by atoms with van der Waals surface area (Å²) in [6.07, 6.45) is 0.530. The van der Waals surface area contributed by atoms with Crippen LogP contribution in [0.1, 0.15) is 36.2 Å². The van der Waals surface area contributed by atoms with E-state index in [4.69, 9.17) is 5.73 Å². The fourth-order valence-corrected chi connectivity index (χ4v) is 1.31. The van der Waals surface area contributed by atoms with Crippen molar-refractivity contribution in [2.75, 3.05) is 0 Å². The molecular formula is C12H16FNO. The van der Waals surface area contributed by atoms with Crippen molar-refractivity contribution >= 4 is 5.78 Å². The lowest BCUT2D eigenvalue weighted by atomic mass is 9.88. The van der Waals surface area contributed by atoms with Gasteiger partial charge < -0.3 is 5.73 Å². The normalized spacial score (nSPS) is 14.7. The SMILES string of the molecule is CCC(C)(N)C(=O)c1cc(F)ccc1C. The molecule has 82 valence electrons. The summed E-state index contributed by atoms with van der Waals surface area (Å²) in [5.74, 6) is -0.613. The summed E-state index contributed by atoms with van der Waals surface area (Å²) >= 11 is 0. The molecule has 3 heteroatoms. The van der Waals surface area contributed by atoms with E-state index in [1.54, 1.807) is 19.9 Å². The van der Waals surface area contributed by atoms with Gasteiger partial charge in [0.05, 0.1) is 5.54 Å². The lowest BCUT2D eigenvalue weighted by Gasteiger charge is -2.21. The molecule has 2 nitrogen and oxygen atoms in total. The maximum absolute atomic E-state index is 13.0. The van der Waals surface area contributed by atoms with E-state index in [0.717, 1.165) is 5.56 Å². The minimum atomic E-state index is -0.918. The van der Waals surface area contributed by atoms with Gasteiger partial charge in [-0.2, -0.15) is 0 Å². The minimum Gasteiger partial charge on any atom is -0.319 e. The lowest BCUT2D eigenvalue weighted by Crippen LogP contribution is -2.44. The molecule has 0 aliphatic carbocycles. The van der Waals surface area contributed by atoms with E-state index in [1.165, 1.54) is 12.1 Å². The van der Waals surface area contributed by atoms with E-state index in [-0.39, 0.29) is 5.78 Å². The zero-order valence-electron chi connectivity index (χ0n) is 9.30. The maximum atomic E-state index is 13.0. The van der Waals surface area contributed by atoms with Crippen LogP contribution < -0.4 is 5.73 Å². The molecule has 1 unspecified atom stereocenters. The molecular weight excluding hydrogens is 193 g/mol. The molecule has 0 saturated heterocycles. The quantitative estimate of drug-likeness (QED) is 0.777. The molecule has 0 radical (unpaired) electrons. The fraction of sp³-hybridized carbons (Fsp3) is 0.417. The molecule has 0 aromatic heterocycles. The zero-order valence-corrected chi connectivity index (χ0v) is 9.30. The lowest BCUT2D eigenvalue weighted by molar-refractivity contribution is 0.0896. The van der Waals surface area contributed by atoms with Crippen LogP contribution in [0.15, 0.2) is 18.2 Å². The van der Waals surface area contributed by atoms with E-state index in [2.05, 4.69) is 0 Å². The molecule has 0 aliphatic rings. The summed E-state index contributed by atoms with van der Waals surface area (Å²) in [6, 6.07) is 4.18. The molecule has 0 heterocycles. The molecule has 1 aromatic carbocycles. The summed E-state index contributed by atoms with van der Waals surface area (Å²) in [4.78, 5) is 12.0. The van der Waals surface area contributed by atoms with Crippen molar-refractivity contribution < 1.29 is 9.18 Å². The van der Waals surface area contributed by atoms with Crippen molar-refractivity contribution in [1.82, 2.24) is 0 Å². The first-order valence-corrected chi connectivity index (χ1v) is 4.98. The number of carbonyl (C=O) groups is 1. The van der Waals surface area contributed by atoms with Crippen molar-refractivity contribution in [3.8, 4) is 0 Å². The Balaban J connectivity index is 3.17. The number of carbonyl (C=O) groups excluding carboxylic acids is 1. The molecule has 1 atom stereocenters. The summed E-state index contributed by atoms with van der Waals surface area (Å²) < 4.78 is 13.0. The first-order chi connectivity index (χ1) is 6.88. The molecule has 0 saturated carbocycles. The van der Waals surface area contributed by atoms with Gasteiger partial charge in [0.1, 0.15) is 5.82 Å². The van der Waals surface area contributed by atoms with Crippen LogP contribution >= 0.6 is 0 Å². The molecule has 0 amide bonds. The topological polar surface area (TPSA) is 43.1 Å². The Bertz CT molecular complexity index is 385. The molecule has 0 fully saturated rings. The Morgan fingerprint density at radius 1 is 1.53 bits per heavy atom. The minimum absolute atomic E-state index is 0.206. The number of ketones is 1. The van der Waals surface area contributed by atoms with Gasteiger partial charge in [-0.15, -0.1) is 0 Å². The fourth-order valence-electron chi connectivity index (χ4n) is 1.31. The third-order valence-electron chi connectivity index (χ3n) is 2.70. The van der Waals surface area contributed by atoms with Crippen molar-refractivity contribution in [3.05, 3.63) is 35.1 Å². The predicted molar refractivity (Wildman–Crippen MR) is 58.4 cm³/mol. The number of halogens is 1. The van der Waals surface area contributed by atoms with Crippen molar-refractivity contribution in [2.45, 2.75) is 32.7 Å². The number of Topliss-reactive ketones (excluding diaryl/α,β-unsaturated/α-hetero) is 1. The molecule has 2 N–H and O–H groups in total. The van der Waals surface area contributed by atoms with Gasteiger partial charge in [-0.05, 0) is 38.0 Å². The van der Waals surface area contributed by atoms with Gasteiger partial charge in [0.15, 0.2) is 5.78 Å². The Labute approximate surface area is 89.3 Å². The van der Waals surface area contributed by atoms with E-state index in [1.807, 2.05) is 6.92 Å². The van der Waals surface area contributed by atoms with Gasteiger partial charge in [-0.1, -0.05) is 13.0 Å². The molecule has 0 aliphatic heterocycles. The second-order valence-corrected chi connectivity index (χ2v) is 4.06. The third-order valence-corrected chi connectivity index (χ3v) is 2.70. The van der Waals surface area contributed by atoms with Crippen LogP contribution in [0.5, 0.6) is 0 Å². The van der Waals surface area contributed by atoms with E-state index < -0.39 is 11.4 Å². The highest BCUT2D eigenvalue weighted by atomic mass is 19.1. The molecule has 15 heavy (non-hydrogen) atoms. The van der Waals surface area contributed by atoms with Crippen LogP contribution in [0.4, 0.5) is 4.39 Å². The largest absolute Gasteiger partial charge is 0.319 e. The van der Waals surface area contributed by atoms with Crippen LogP contribution in [0.3, 0.4) is 0 Å². The number of hydrogen-bond acceptors (Lipinski definition) is 2. The van der Waals surface area contributed by atoms with Crippen LogP contribution in [-0.4, -0.2) is 11.3 Å². The van der Waals surface area contributed by atoms with Crippen molar-refractivity contribution in [2.24, 2.45) is 5.73 Å². The summed E-state index contributed by atoms with van der Waals surface area (Å²) in [5, 5.41) is 0. The smallest absolute Gasteiger partial charge is 0.182 e. The highest BCUT2D eigenvalue weighted by Gasteiger charge is 2.28. The van der Waals surface area contributed by atoms with Crippen LogP contribution in [0.2, 0.25) is 0 Å². The first kappa shape index (κ1) is 11.9. The van der Waals surface area contributed by atoms with E-state index in [0.29, 0.717) is 12.0 Å². The molecule has 0 spiro atoms. The monoisotopic (exact) mass is 209 g/mol. The molecule has 1 rings (SSSR count). The van der Waals surface area contributed by atoms with Gasteiger partial charge in [0.2, 0.25) is 0 Å². The summed E-state index contributed by atoms with van der Waals surface area (Å²) in [6.45, 7) is 5.28. The zero-order chi connectivity index (χ0) is 11.6. The molecule has 1 aromatic rings. The average molecular weight is 209 g/mol. The van der Waals surface area contributed by atoms with Gasteiger partial charge in [-0.3, -0.25) is 4.79 Å². The maximum Gasteiger partial charge on any atom is 0.182 e. The second-order valence-electron chi connectivity index (χ2n) is 4.06. The molecule has 0 bridgehead atoms. The Morgan fingerprint density at radius 2 is 2.13 bits per heavy atom. The van der Waals surface area contributed by atoms with Crippen molar-refractivity contribution in [1.29, 1.82) is 0 Å². The van der Waals surface area contributed by atoms with E-state index >= 15 is 0 Å². The van der Waals surface area contributed by atoms with Gasteiger partial charge >= 0.3 is 0 Å². The highest BCUT2D eigenvalue weighted by Crippen LogP contribution is 2.18. The van der Waals surface area contributed by atoms with E-state index in [9.17, 15) is 9.18 Å². The third kappa shape index (κ3) is 2.42. The van der Waals surface area contributed by atoms with Gasteiger partial charge in [0, 0.05) is 5.56 Å². The number of benzene rings is 1. The Morgan fingerprint density at radius 3 is 2.67 bits per heavy atom. The summed E-state index contributed by atoms with van der Waals surface area (Å²) in [7, 11) is 0. The van der Waals surface area contributed by atoms with Crippen LogP contribution in [0.25, 0.3) is 0 Å². The standard InChI is InChI=1S/C12H16FNO/c1-4-12(3,14)11(15)10-7-9(13)6-5-8(10)2/h5-7H,4,14H2,1-3H3. The number of nitrogens with two attached hydrogens (primary N) is 1. The first-order valence-electron chi connectivity index (χ1n) is 4.98. The van der Waals surface area contributed by atoms with Crippen LogP contribution in [-0.2, 0) is 0 Å². The van der Waals surface area contributed by atoms with Gasteiger partial charge in [-0.25, -0.2) is 4.39 Å². The summed E-state index contributed by atoms with van der Waals surface area (Å²) in [5.41, 5.74) is 6.05. The Hall–Kier alpha value is -1.22.